The molecule has 5 aliphatic rings. The summed E-state index contributed by atoms with van der Waals surface area (Å²) in [6, 6.07) is 81.4. The van der Waals surface area contributed by atoms with Crippen LogP contribution in [-0.2, 0) is 11.3 Å². The van der Waals surface area contributed by atoms with Crippen LogP contribution in [0.1, 0.15) is 54.4 Å². The van der Waals surface area contributed by atoms with Gasteiger partial charge in [-0.2, -0.15) is 8.78 Å². The molecule has 0 spiro atoms. The molecule has 2 aromatic heterocycles. The Labute approximate surface area is 458 Å². The van der Waals surface area contributed by atoms with Gasteiger partial charge in [-0.15, -0.1) is 0 Å². The first-order valence-corrected chi connectivity index (χ1v) is 28.2. The van der Waals surface area contributed by atoms with Gasteiger partial charge in [0.1, 0.15) is 12.5 Å². The number of fused-ring (bicyclic) bond motifs is 7. The third-order valence-electron chi connectivity index (χ3n) is 18.9. The van der Waals surface area contributed by atoms with Gasteiger partial charge in [0, 0.05) is 50.3 Å². The molecule has 0 atom stereocenters. The lowest BCUT2D eigenvalue weighted by atomic mass is 9.42. The summed E-state index contributed by atoms with van der Waals surface area (Å²) in [7, 11) is 0. The third kappa shape index (κ3) is 7.06. The van der Waals surface area contributed by atoms with E-state index < -0.39 is 5.92 Å². The molecule has 4 aliphatic carbocycles. The van der Waals surface area contributed by atoms with Gasteiger partial charge >= 0.3 is 0 Å². The molecule has 0 N–H and O–H groups in total. The first kappa shape index (κ1) is 46.2. The number of nitrogens with zero attached hydrogens (tertiary/aromatic N) is 4. The molecule has 0 saturated heterocycles. The van der Waals surface area contributed by atoms with Crippen LogP contribution in [0.4, 0.5) is 31.5 Å². The van der Waals surface area contributed by atoms with Gasteiger partial charge in [0.15, 0.2) is 0 Å². The molecule has 3 heterocycles. The van der Waals surface area contributed by atoms with E-state index in [2.05, 4.69) is 178 Å². The average Bonchev–Trinajstić information content (AvgIpc) is 4.23. The highest BCUT2D eigenvalue weighted by Gasteiger charge is 2.59. The zero-order valence-corrected chi connectivity index (χ0v) is 43.7. The standard InChI is InChI=1S/C73H56F2N4/c74-73(75,53-21-13-22-57(43-53)77-46-78(68-31-12-11-30-67(68)77)71-59(49-16-3-1-4-17-49)25-14-26-60(71)50-18-5-2-6-19-50)54-33-35-64-63-24-9-10-29-66(63)79(69(64)44-54)70-45-52(36-37-76-70)72(55-39-47-38-48(41-55)42-56(72)40-47)65-28-15-27-61-58-23-8-7-20-51(58)32-34-62(61)65/h1-37,43-45,47-48,55-56H,38-42,46H2. The van der Waals surface area contributed by atoms with Crippen molar-refractivity contribution in [2.75, 3.05) is 16.5 Å². The van der Waals surface area contributed by atoms with E-state index in [9.17, 15) is 0 Å². The second-order valence-corrected chi connectivity index (χ2v) is 22.9. The zero-order valence-electron chi connectivity index (χ0n) is 43.7. The SMILES string of the molecule is FC(F)(c1cccc(N2CN(c3c(-c4ccccc4)cccc3-c3ccccc3)c3ccccc32)c1)c1ccc2c3ccccc3n(-c3cc(C4(c5cccc6c5ccc5ccccc56)C5CC6CC(C5)CC4C6)ccn3)c2c1. The summed E-state index contributed by atoms with van der Waals surface area (Å²) in [5.41, 5.74) is 12.1. The summed E-state index contributed by atoms with van der Waals surface area (Å²) in [5, 5.41) is 7.09. The van der Waals surface area contributed by atoms with E-state index in [1.165, 1.54) is 64.8 Å². The van der Waals surface area contributed by atoms with Crippen LogP contribution in [0.3, 0.4) is 0 Å². The van der Waals surface area contributed by atoms with Crippen LogP contribution in [0, 0.1) is 23.7 Å². The fraction of sp³-hybridized carbons (Fsp3) is 0.164. The molecular formula is C73H56F2N4. The van der Waals surface area contributed by atoms with E-state index in [1.807, 2.05) is 48.7 Å². The molecule has 382 valence electrons. The number of benzene rings is 10. The summed E-state index contributed by atoms with van der Waals surface area (Å²) in [6.45, 7) is 0.428. The van der Waals surface area contributed by atoms with Crippen molar-refractivity contribution in [3.63, 3.8) is 0 Å². The highest BCUT2D eigenvalue weighted by molar-refractivity contribution is 6.10. The van der Waals surface area contributed by atoms with Gasteiger partial charge in [-0.1, -0.05) is 188 Å². The fourth-order valence-electron chi connectivity index (χ4n) is 15.8. The molecule has 12 aromatic rings. The highest BCUT2D eigenvalue weighted by atomic mass is 19.3. The Balaban J connectivity index is 0.806. The topological polar surface area (TPSA) is 24.3 Å². The summed E-state index contributed by atoms with van der Waals surface area (Å²) in [4.78, 5) is 9.70. The number of aromatic nitrogens is 2. The van der Waals surface area contributed by atoms with E-state index in [-0.39, 0.29) is 16.5 Å². The molecule has 0 unspecified atom stereocenters. The summed E-state index contributed by atoms with van der Waals surface area (Å²) >= 11 is 0. The molecule has 4 nitrogen and oxygen atoms in total. The van der Waals surface area contributed by atoms with Crippen molar-refractivity contribution in [1.29, 1.82) is 0 Å². The summed E-state index contributed by atoms with van der Waals surface area (Å²) in [6.07, 6.45) is 8.25. The first-order chi connectivity index (χ1) is 38.9. The normalized spacial score (nSPS) is 20.5. The average molecular weight is 1030 g/mol. The van der Waals surface area contributed by atoms with Crippen molar-refractivity contribution < 1.29 is 8.78 Å². The second-order valence-electron chi connectivity index (χ2n) is 22.9. The predicted molar refractivity (Wildman–Crippen MR) is 320 cm³/mol. The van der Waals surface area contributed by atoms with E-state index >= 15 is 8.78 Å². The molecule has 79 heavy (non-hydrogen) atoms. The Morgan fingerprint density at radius 3 is 1.78 bits per heavy atom. The molecule has 1 aliphatic heterocycles. The molecule has 4 bridgehead atoms. The minimum Gasteiger partial charge on any atom is -0.321 e. The Kier molecular flexibility index (Phi) is 10.4. The van der Waals surface area contributed by atoms with Gasteiger partial charge in [-0.25, -0.2) is 4.98 Å². The Morgan fingerprint density at radius 1 is 0.443 bits per heavy atom. The molecule has 0 radical (unpaired) electrons. The van der Waals surface area contributed by atoms with Gasteiger partial charge in [-0.3, -0.25) is 4.57 Å². The molecule has 4 saturated carbocycles. The first-order valence-electron chi connectivity index (χ1n) is 28.2. The van der Waals surface area contributed by atoms with E-state index in [4.69, 9.17) is 4.98 Å². The quantitative estimate of drug-likeness (QED) is 0.135. The van der Waals surface area contributed by atoms with Crippen molar-refractivity contribution in [3.05, 3.63) is 265 Å². The zero-order chi connectivity index (χ0) is 52.4. The van der Waals surface area contributed by atoms with Gasteiger partial charge in [0.2, 0.25) is 0 Å². The Morgan fingerprint density at radius 2 is 1.04 bits per heavy atom. The number of anilines is 4. The van der Waals surface area contributed by atoms with Crippen LogP contribution in [0.25, 0.3) is 71.4 Å². The smallest absolute Gasteiger partial charge is 0.298 e. The highest BCUT2D eigenvalue weighted by Crippen LogP contribution is 2.66. The number of halogens is 2. The van der Waals surface area contributed by atoms with Crippen LogP contribution in [0.5, 0.6) is 0 Å². The number of hydrogen-bond acceptors (Lipinski definition) is 3. The maximum atomic E-state index is 17.9. The fourth-order valence-corrected chi connectivity index (χ4v) is 15.8. The molecule has 17 rings (SSSR count). The van der Waals surface area contributed by atoms with Crippen LogP contribution in [-0.4, -0.2) is 16.2 Å². The van der Waals surface area contributed by atoms with Gasteiger partial charge in [0.05, 0.1) is 28.1 Å². The van der Waals surface area contributed by atoms with Crippen molar-refractivity contribution >= 4 is 66.1 Å². The van der Waals surface area contributed by atoms with Crippen molar-refractivity contribution in [1.82, 2.24) is 9.55 Å². The minimum absolute atomic E-state index is 0.0643. The second kappa shape index (κ2) is 17.8. The van der Waals surface area contributed by atoms with E-state index in [1.54, 1.807) is 30.3 Å². The number of alkyl halides is 2. The molecule has 0 amide bonds. The Bertz CT molecular complexity index is 4290. The van der Waals surface area contributed by atoms with Crippen molar-refractivity contribution in [2.45, 2.75) is 43.4 Å². The predicted octanol–water partition coefficient (Wildman–Crippen LogP) is 18.9. The lowest BCUT2D eigenvalue weighted by Gasteiger charge is -2.62. The van der Waals surface area contributed by atoms with Crippen LogP contribution in [0.15, 0.2) is 243 Å². The van der Waals surface area contributed by atoms with Crippen molar-refractivity contribution in [2.24, 2.45) is 23.7 Å². The lowest BCUT2D eigenvalue weighted by molar-refractivity contribution is -0.0412. The monoisotopic (exact) mass is 1030 g/mol. The summed E-state index contributed by atoms with van der Waals surface area (Å²) < 4.78 is 37.9. The van der Waals surface area contributed by atoms with Crippen LogP contribution in [0.2, 0.25) is 0 Å². The molecule has 10 aromatic carbocycles. The maximum Gasteiger partial charge on any atom is 0.298 e. The largest absolute Gasteiger partial charge is 0.321 e. The third-order valence-corrected chi connectivity index (χ3v) is 18.9. The Hall–Kier alpha value is -8.87. The van der Waals surface area contributed by atoms with Gasteiger partial charge in [0.25, 0.3) is 5.92 Å². The molecular weight excluding hydrogens is 971 g/mol. The van der Waals surface area contributed by atoms with Crippen molar-refractivity contribution in [3.8, 4) is 28.1 Å². The van der Waals surface area contributed by atoms with Gasteiger partial charge in [-0.05, 0) is 148 Å². The maximum absolute atomic E-state index is 17.9. The van der Waals surface area contributed by atoms with Crippen LogP contribution >= 0.6 is 0 Å². The summed E-state index contributed by atoms with van der Waals surface area (Å²) in [5.74, 6) is -0.0760. The lowest BCUT2D eigenvalue weighted by Crippen LogP contribution is -2.56. The number of hydrogen-bond donors (Lipinski definition) is 0. The van der Waals surface area contributed by atoms with Crippen LogP contribution < -0.4 is 9.80 Å². The van der Waals surface area contributed by atoms with E-state index in [0.29, 0.717) is 29.7 Å². The van der Waals surface area contributed by atoms with E-state index in [0.717, 1.165) is 73.3 Å². The number of pyridine rings is 1. The molecule has 4 fully saturated rings. The van der Waals surface area contributed by atoms with Gasteiger partial charge < -0.3 is 9.80 Å². The number of para-hydroxylation sites is 4. The minimum atomic E-state index is -3.34. The number of rotatable bonds is 9. The molecule has 6 heteroatoms.